The maximum atomic E-state index is 12.6. The lowest BCUT2D eigenvalue weighted by atomic mass is 10.2. The topological polar surface area (TPSA) is 158 Å². The van der Waals surface area contributed by atoms with Gasteiger partial charge in [-0.1, -0.05) is 173 Å². The van der Waals surface area contributed by atoms with E-state index in [9.17, 15) is 30.0 Å². The molecule has 4 atom stereocenters. The van der Waals surface area contributed by atoms with Crippen LogP contribution in [0.25, 0.3) is 0 Å². The number of ether oxygens (including phenoxy) is 4. The highest BCUT2D eigenvalue weighted by molar-refractivity contribution is 6.81. The normalized spacial score (nSPS) is 15.1. The Hall–Kier alpha value is -1.03. The summed E-state index contributed by atoms with van der Waals surface area (Å²) >= 11 is 0. The van der Waals surface area contributed by atoms with Gasteiger partial charge in [-0.3, -0.25) is 9.59 Å². The molecular weight excluding hydrogens is 961 g/mol. The Morgan fingerprint density at radius 1 is 0.465 bits per heavy atom. The Kier molecular flexibility index (Phi) is 33.0. The molecule has 16 heteroatoms. The second-order valence-electron chi connectivity index (χ2n) is 27.3. The number of hydrogen-bond acceptors (Lipinski definition) is 10. The van der Waals surface area contributed by atoms with Crippen molar-refractivity contribution in [3.05, 3.63) is 24.8 Å². The van der Waals surface area contributed by atoms with Crippen molar-refractivity contribution in [2.75, 3.05) is 79.0 Å². The Labute approximate surface area is 441 Å². The van der Waals surface area contributed by atoms with Crippen molar-refractivity contribution >= 4 is 44.1 Å². The summed E-state index contributed by atoms with van der Waals surface area (Å²) in [5.74, 6) is -0.595. The number of amides is 2. The van der Waals surface area contributed by atoms with Crippen molar-refractivity contribution in [2.45, 2.75) is 237 Å². The summed E-state index contributed by atoms with van der Waals surface area (Å²) < 4.78 is 22.8. The van der Waals surface area contributed by atoms with Crippen LogP contribution in [-0.2, 0) is 28.5 Å². The number of hydrogen-bond donors (Lipinski definition) is 4. The van der Waals surface area contributed by atoms with Crippen LogP contribution in [0.1, 0.15) is 116 Å². The number of rotatable bonds is 34. The first kappa shape index (κ1) is 72.0. The van der Waals surface area contributed by atoms with E-state index in [1.54, 1.807) is 6.92 Å². The van der Waals surface area contributed by atoms with Crippen LogP contribution in [0.2, 0.25) is 96.7 Å². The zero-order chi connectivity index (χ0) is 55.9. The smallest absolute Gasteiger partial charge is 0.249 e. The van der Waals surface area contributed by atoms with Gasteiger partial charge in [0.25, 0.3) is 0 Å². The van der Waals surface area contributed by atoms with E-state index in [0.717, 1.165) is 25.7 Å². The molecule has 0 aromatic carbocycles. The minimum Gasteiger partial charge on any atom is -0.389 e. The average Bonchev–Trinajstić information content (AvgIpc) is 3.20. The first-order valence-corrected chi connectivity index (χ1v) is 39.8. The van der Waals surface area contributed by atoms with Gasteiger partial charge in [-0.2, -0.15) is 0 Å². The van der Waals surface area contributed by atoms with Crippen molar-refractivity contribution < 1.29 is 49.0 Å². The SMILES string of the molecule is C=C(C)C(=O)N(CC(O)COCCC[Si](C)(C)C(C)(C)C)CC(O)COCCC[Si](C)(C)C(C)(C)C.C=CC(=O)N(CC(O)COCCC[Si](C)(C)C(C)(C)C)CC(O)COCCC[Si](C)(C)C(C)(C)C. The van der Waals surface area contributed by atoms with Crippen molar-refractivity contribution in [1.82, 2.24) is 9.80 Å². The summed E-state index contributed by atoms with van der Waals surface area (Å²) in [5, 5.41) is 43.2. The lowest BCUT2D eigenvalue weighted by molar-refractivity contribution is -0.131. The van der Waals surface area contributed by atoms with Gasteiger partial charge >= 0.3 is 0 Å². The van der Waals surface area contributed by atoms with E-state index < -0.39 is 56.7 Å². The third-order valence-electron chi connectivity index (χ3n) is 16.6. The van der Waals surface area contributed by atoms with Crippen LogP contribution in [0.4, 0.5) is 0 Å². The molecule has 422 valence electrons. The second kappa shape index (κ2) is 32.5. The minimum atomic E-state index is -1.33. The molecule has 0 fully saturated rings. The Morgan fingerprint density at radius 2 is 0.676 bits per heavy atom. The molecule has 0 spiro atoms. The standard InChI is InChI=1S/C28H59NO5Si2.C27H57NO5Si2/c1-23(2)26(32)29(19-24(30)21-33-15-13-17-35(9,10)27(3,4)5)20-25(31)22-34-16-14-18-36(11,12)28(6,7)8;1-12-25(31)28(19-23(29)21-32-15-13-17-34(8,9)26(2,3)4)20-24(30)22-33-16-14-18-35(10,11)27(5,6)7/h24-25,30-31H,1,13-22H2,2-12H3;12,23-24,29-30H,1,13-22H2,2-11H3. The number of aliphatic hydroxyl groups is 4. The van der Waals surface area contributed by atoms with Crippen LogP contribution in [0.5, 0.6) is 0 Å². The fraction of sp³-hybridized carbons (Fsp3) is 0.891. The molecular formula is C55H116N2O10Si4. The van der Waals surface area contributed by atoms with Gasteiger partial charge in [0.1, 0.15) is 0 Å². The summed E-state index contributed by atoms with van der Waals surface area (Å²) in [6, 6.07) is 4.70. The molecule has 0 saturated carbocycles. The summed E-state index contributed by atoms with van der Waals surface area (Å²) in [6.07, 6.45) is 1.84. The predicted molar refractivity (Wildman–Crippen MR) is 312 cm³/mol. The van der Waals surface area contributed by atoms with E-state index >= 15 is 0 Å². The summed E-state index contributed by atoms with van der Waals surface area (Å²) in [5.41, 5.74) is 0.375. The van der Waals surface area contributed by atoms with Crippen LogP contribution in [0.3, 0.4) is 0 Å². The molecule has 71 heavy (non-hydrogen) atoms. The zero-order valence-electron chi connectivity index (χ0n) is 50.1. The zero-order valence-corrected chi connectivity index (χ0v) is 54.1. The van der Waals surface area contributed by atoms with E-state index in [2.05, 4.69) is 149 Å². The van der Waals surface area contributed by atoms with Gasteiger partial charge in [-0.25, -0.2) is 0 Å². The fourth-order valence-corrected chi connectivity index (χ4v) is 14.1. The van der Waals surface area contributed by atoms with E-state index in [1.807, 2.05) is 0 Å². The van der Waals surface area contributed by atoms with E-state index in [-0.39, 0.29) is 64.4 Å². The highest BCUT2D eigenvalue weighted by Crippen LogP contribution is 2.41. The largest absolute Gasteiger partial charge is 0.389 e. The molecule has 0 aliphatic carbocycles. The number of carbonyl (C=O) groups is 2. The molecule has 0 aliphatic rings. The Morgan fingerprint density at radius 3 is 0.859 bits per heavy atom. The molecule has 4 N–H and O–H groups in total. The summed E-state index contributed by atoms with van der Waals surface area (Å²) in [6.45, 7) is 59.4. The second-order valence-corrected chi connectivity index (χ2v) is 50.4. The van der Waals surface area contributed by atoms with E-state index in [0.29, 0.717) is 52.2 Å². The molecule has 0 aliphatic heterocycles. The van der Waals surface area contributed by atoms with Crippen molar-refractivity contribution in [3.63, 3.8) is 0 Å². The van der Waals surface area contributed by atoms with Crippen LogP contribution >= 0.6 is 0 Å². The molecule has 0 aromatic rings. The number of nitrogens with zero attached hydrogens (tertiary/aromatic N) is 2. The number of aliphatic hydroxyl groups excluding tert-OH is 4. The molecule has 2 amide bonds. The summed E-state index contributed by atoms with van der Waals surface area (Å²) in [7, 11) is -5.31. The van der Waals surface area contributed by atoms with Gasteiger partial charge in [0.2, 0.25) is 11.8 Å². The molecule has 4 unspecified atom stereocenters. The lowest BCUT2D eigenvalue weighted by Gasteiger charge is -2.37. The molecule has 0 rings (SSSR count). The van der Waals surface area contributed by atoms with Gasteiger partial charge in [0.05, 0.1) is 83.1 Å². The highest BCUT2D eigenvalue weighted by atomic mass is 28.3. The van der Waals surface area contributed by atoms with Gasteiger partial charge in [0.15, 0.2) is 0 Å². The third kappa shape index (κ3) is 30.3. The quantitative estimate of drug-likeness (QED) is 0.0278. The van der Waals surface area contributed by atoms with Gasteiger partial charge in [0, 0.05) is 58.2 Å². The predicted octanol–water partition coefficient (Wildman–Crippen LogP) is 11.5. The fourth-order valence-electron chi connectivity index (χ4n) is 6.96. The minimum absolute atomic E-state index is 0.0928. The third-order valence-corrected chi connectivity index (χ3v) is 39.2. The maximum Gasteiger partial charge on any atom is 0.249 e. The monoisotopic (exact) mass is 1080 g/mol. The molecule has 0 aromatic heterocycles. The first-order chi connectivity index (χ1) is 32.0. The Bertz CT molecular complexity index is 1430. The van der Waals surface area contributed by atoms with Crippen molar-refractivity contribution in [2.24, 2.45) is 0 Å². The average molecular weight is 1080 g/mol. The van der Waals surface area contributed by atoms with E-state index in [1.165, 1.54) is 40.1 Å². The molecule has 0 heterocycles. The van der Waals surface area contributed by atoms with Crippen LogP contribution in [0, 0.1) is 0 Å². The van der Waals surface area contributed by atoms with Gasteiger partial charge < -0.3 is 49.2 Å². The molecule has 0 saturated heterocycles. The summed E-state index contributed by atoms with van der Waals surface area (Å²) in [4.78, 5) is 27.7. The highest BCUT2D eigenvalue weighted by Gasteiger charge is 2.37. The molecule has 12 nitrogen and oxygen atoms in total. The van der Waals surface area contributed by atoms with Crippen molar-refractivity contribution in [1.29, 1.82) is 0 Å². The van der Waals surface area contributed by atoms with Gasteiger partial charge in [-0.15, -0.1) is 0 Å². The molecule has 0 bridgehead atoms. The maximum absolute atomic E-state index is 12.6. The van der Waals surface area contributed by atoms with Crippen LogP contribution in [0.15, 0.2) is 24.8 Å². The first-order valence-electron chi connectivity index (χ1n) is 26.9. The van der Waals surface area contributed by atoms with Crippen LogP contribution < -0.4 is 0 Å². The lowest BCUT2D eigenvalue weighted by Crippen LogP contribution is -2.44. The van der Waals surface area contributed by atoms with Crippen molar-refractivity contribution in [3.8, 4) is 0 Å². The number of carbonyl (C=O) groups excluding carboxylic acids is 2. The van der Waals surface area contributed by atoms with E-state index in [4.69, 9.17) is 18.9 Å². The van der Waals surface area contributed by atoms with Crippen LogP contribution in [-0.4, -0.2) is 178 Å². The van der Waals surface area contributed by atoms with Gasteiger partial charge in [-0.05, 0) is 58.8 Å². The Balaban J connectivity index is 0. The molecule has 0 radical (unpaired) electrons.